The second-order valence-corrected chi connectivity index (χ2v) is 40.3. The van der Waals surface area contributed by atoms with Gasteiger partial charge in [-0.05, 0) is 0 Å². The molecule has 214 valence electrons. The van der Waals surface area contributed by atoms with Crippen molar-refractivity contribution in [3.63, 3.8) is 0 Å². The van der Waals surface area contributed by atoms with Crippen LogP contribution in [-0.4, -0.2) is 23.8 Å². The number of hydrogen-bond donors (Lipinski definition) is 0. The van der Waals surface area contributed by atoms with Crippen LogP contribution < -0.4 is 13.7 Å². The molecule has 7 heteroatoms. The molecule has 0 N–H and O–H groups in total. The van der Waals surface area contributed by atoms with Crippen LogP contribution in [0.4, 0.5) is 0 Å². The molecule has 0 fully saturated rings. The second kappa shape index (κ2) is 11.5. The zero-order chi connectivity index (χ0) is 27.5. The minimum atomic E-state index is -3.68. The molecule has 40 heavy (non-hydrogen) atoms. The Kier molecular flexibility index (Phi) is 9.62. The Morgan fingerprint density at radius 2 is 1.12 bits per heavy atom. The fraction of sp³-hybridized carbons (Fsp3) is 0.333. The van der Waals surface area contributed by atoms with Crippen LogP contribution in [0.25, 0.3) is 21.9 Å². The van der Waals surface area contributed by atoms with E-state index in [1.54, 1.807) is 21.5 Å². The van der Waals surface area contributed by atoms with Gasteiger partial charge in [-0.2, -0.15) is 0 Å². The van der Waals surface area contributed by atoms with Gasteiger partial charge in [0.1, 0.15) is 0 Å². The molecule has 0 saturated carbocycles. The summed E-state index contributed by atoms with van der Waals surface area (Å²) in [5.41, 5.74) is 5.98. The minimum Gasteiger partial charge on any atom is -0.147 e. The van der Waals surface area contributed by atoms with Gasteiger partial charge in [-0.3, -0.25) is 0 Å². The van der Waals surface area contributed by atoms with Crippen molar-refractivity contribution < 1.29 is 17.7 Å². The van der Waals surface area contributed by atoms with Crippen molar-refractivity contribution in [3.8, 4) is 16.9 Å². The number of hydrogen-bond acceptors (Lipinski definition) is 1. The summed E-state index contributed by atoms with van der Waals surface area (Å²) in [5, 5.41) is 5.65. The molecule has 0 saturated heterocycles. The van der Waals surface area contributed by atoms with Gasteiger partial charge in [-0.25, -0.2) is 0 Å². The Balaban J connectivity index is 0.00000220. The topological polar surface area (TPSA) is 9.23 Å². The molecule has 0 radical (unpaired) electrons. The SMILES string of the molecule is C[CH2][Ti](=[SiH2])([CH2]C)([O]c1ccc2ccccc2c1)[CH]1c2cc([Si](C)(C)C)ccc2-c2ccc([Si](C)(C)C)cc21.Cl.Cl. The number of halogens is 2. The molecule has 0 bridgehead atoms. The summed E-state index contributed by atoms with van der Waals surface area (Å²) in [7, 11) is -0.639. The van der Waals surface area contributed by atoms with Crippen molar-refractivity contribution >= 4 is 69.7 Å². The minimum absolute atomic E-state index is 0. The molecule has 4 aromatic rings. The molecule has 0 heterocycles. The summed E-state index contributed by atoms with van der Waals surface area (Å²) in [6.45, 7) is 19.7. The standard InChI is InChI=1S/C19H25Si2.C10H8O.2C2H5.2ClH.H2Si.Ti/c1-20(2,3)16-7-9-18-14(12-16)11-15-13-17(21(4,5)6)8-10-19(15)18;11-10-6-5-8-3-1-2-4-9(8)7-10;2*1-2;;;;/h7-13H,1-6H3;1-7,11H;2*1H2,2H3;2*1H;1H2;/q;;;;;;;+1/p-1. The predicted octanol–water partition coefficient (Wildman–Crippen LogP) is 8.95. The maximum atomic E-state index is 7.57. The zero-order valence-electron chi connectivity index (χ0n) is 25.4. The van der Waals surface area contributed by atoms with Crippen molar-refractivity contribution in [2.45, 2.75) is 66.8 Å². The van der Waals surface area contributed by atoms with Crippen LogP contribution >= 0.6 is 24.8 Å². The van der Waals surface area contributed by atoms with E-state index in [-0.39, 0.29) is 24.8 Å². The van der Waals surface area contributed by atoms with E-state index in [2.05, 4.69) is 140 Å². The average molecular weight is 662 g/mol. The molecule has 1 aliphatic rings. The van der Waals surface area contributed by atoms with Crippen LogP contribution in [0.15, 0.2) is 78.9 Å². The third kappa shape index (κ3) is 5.75. The molecule has 0 spiro atoms. The molecule has 1 nitrogen and oxygen atoms in total. The summed E-state index contributed by atoms with van der Waals surface area (Å²) in [6.07, 6.45) is 0. The Bertz CT molecular complexity index is 1550. The van der Waals surface area contributed by atoms with Crippen LogP contribution in [-0.2, 0) is 14.4 Å². The zero-order valence-corrected chi connectivity index (χ0v) is 32.0. The molecule has 0 aliphatic heterocycles. The van der Waals surface area contributed by atoms with E-state index in [0.29, 0.717) is 4.22 Å². The largest absolute Gasteiger partial charge is 0.147 e. The summed E-state index contributed by atoms with van der Waals surface area (Å²) < 4.78 is 10.2. The third-order valence-corrected chi connectivity index (χ3v) is 29.6. The Labute approximate surface area is 259 Å². The van der Waals surface area contributed by atoms with Crippen LogP contribution in [0.3, 0.4) is 0 Å². The first kappa shape index (κ1) is 33.4. The van der Waals surface area contributed by atoms with Crippen LogP contribution in [0, 0.1) is 0 Å². The summed E-state index contributed by atoms with van der Waals surface area (Å²) in [6, 6.07) is 30.3. The molecule has 0 atom stereocenters. The van der Waals surface area contributed by atoms with Crippen molar-refractivity contribution in [1.82, 2.24) is 0 Å². The molecule has 4 aromatic carbocycles. The van der Waals surface area contributed by atoms with Gasteiger partial charge in [0.2, 0.25) is 0 Å². The molecule has 0 amide bonds. The molecule has 5 rings (SSSR count). The average Bonchev–Trinajstić information content (AvgIpc) is 3.22. The van der Waals surface area contributed by atoms with Gasteiger partial charge in [0.05, 0.1) is 0 Å². The Morgan fingerprint density at radius 1 is 0.650 bits per heavy atom. The number of benzene rings is 4. The van der Waals surface area contributed by atoms with E-state index in [1.165, 1.54) is 21.9 Å². The van der Waals surface area contributed by atoms with Crippen molar-refractivity contribution in [3.05, 3.63) is 90.0 Å². The van der Waals surface area contributed by atoms with Gasteiger partial charge >= 0.3 is 236 Å². The van der Waals surface area contributed by atoms with Gasteiger partial charge in [0, 0.05) is 0 Å². The number of fused-ring (bicyclic) bond motifs is 4. The van der Waals surface area contributed by atoms with Gasteiger partial charge in [0.15, 0.2) is 0 Å². The molecular formula is C33H46Cl2OSi3Ti. The summed E-state index contributed by atoms with van der Waals surface area (Å²) in [4.78, 5) is 0. The van der Waals surface area contributed by atoms with E-state index in [1.807, 2.05) is 0 Å². The van der Waals surface area contributed by atoms with Gasteiger partial charge in [-0.1, -0.05) is 0 Å². The van der Waals surface area contributed by atoms with Crippen molar-refractivity contribution in [2.75, 3.05) is 0 Å². The normalized spacial score (nSPS) is 13.7. The molecule has 1 aliphatic carbocycles. The third-order valence-electron chi connectivity index (χ3n) is 9.29. The summed E-state index contributed by atoms with van der Waals surface area (Å²) in [5.74, 6) is 1.05. The Morgan fingerprint density at radius 3 is 1.57 bits per heavy atom. The van der Waals surface area contributed by atoms with Gasteiger partial charge < -0.3 is 0 Å². The first-order chi connectivity index (χ1) is 17.8. The monoisotopic (exact) mass is 660 g/mol. The first-order valence-corrected chi connectivity index (χ1v) is 29.1. The second-order valence-electron chi connectivity index (χ2n) is 13.8. The number of rotatable bonds is 7. The van der Waals surface area contributed by atoms with E-state index in [4.69, 9.17) is 3.32 Å². The van der Waals surface area contributed by atoms with E-state index in [0.717, 1.165) is 15.2 Å². The van der Waals surface area contributed by atoms with Crippen molar-refractivity contribution in [1.29, 1.82) is 0 Å². The van der Waals surface area contributed by atoms with Crippen molar-refractivity contribution in [2.24, 2.45) is 0 Å². The maximum absolute atomic E-state index is 7.57. The van der Waals surface area contributed by atoms with Gasteiger partial charge in [-0.15, -0.1) is 24.8 Å². The van der Waals surface area contributed by atoms with Crippen LogP contribution in [0.5, 0.6) is 5.75 Å². The molecule has 0 unspecified atom stereocenters. The quantitative estimate of drug-likeness (QED) is 0.180. The fourth-order valence-electron chi connectivity index (χ4n) is 6.39. The Hall–Kier alpha value is -1.12. The van der Waals surface area contributed by atoms with E-state index >= 15 is 0 Å². The van der Waals surface area contributed by atoms with E-state index < -0.39 is 30.6 Å². The first-order valence-electron chi connectivity index (χ1n) is 14.3. The fourth-order valence-corrected chi connectivity index (χ4v) is 18.3. The van der Waals surface area contributed by atoms with E-state index in [9.17, 15) is 0 Å². The predicted molar refractivity (Wildman–Crippen MR) is 188 cm³/mol. The van der Waals surface area contributed by atoms with Crippen LogP contribution in [0.2, 0.25) is 48.7 Å². The summed E-state index contributed by atoms with van der Waals surface area (Å²) >= 11 is -3.68. The molecule has 0 aromatic heterocycles. The smallest absolute Gasteiger partial charge is 0.147 e. The van der Waals surface area contributed by atoms with Crippen LogP contribution in [0.1, 0.15) is 29.2 Å². The van der Waals surface area contributed by atoms with Gasteiger partial charge in [0.25, 0.3) is 0 Å². The molecular weight excluding hydrogens is 615 g/mol. The maximum Gasteiger partial charge on any atom is -0.147 e.